The van der Waals surface area contributed by atoms with Crippen molar-refractivity contribution >= 4 is 0 Å². The van der Waals surface area contributed by atoms with Crippen LogP contribution in [0.4, 0.5) is 0 Å². The minimum Gasteiger partial charge on any atom is -0.508 e. The minimum atomic E-state index is -0.396. The van der Waals surface area contributed by atoms with E-state index in [-0.39, 0.29) is 67.7 Å². The van der Waals surface area contributed by atoms with E-state index >= 15 is 0 Å². The van der Waals surface area contributed by atoms with Crippen LogP contribution in [0.5, 0.6) is 28.7 Å². The maximum Gasteiger partial charge on any atom is 0.297 e. The molecule has 590 valence electrons. The molecule has 8 aromatic carbocycles. The van der Waals surface area contributed by atoms with Crippen molar-refractivity contribution in [2.75, 3.05) is 7.11 Å². The van der Waals surface area contributed by atoms with E-state index in [0.717, 1.165) is 78.9 Å². The van der Waals surface area contributed by atoms with Crippen molar-refractivity contribution in [3.63, 3.8) is 0 Å². The van der Waals surface area contributed by atoms with Crippen molar-refractivity contribution < 1.29 is 30.3 Å². The second-order valence-corrected chi connectivity index (χ2v) is 26.1. The Bertz CT molecular complexity index is 6140. The molecule has 5 N–H and O–H groups in total. The summed E-state index contributed by atoms with van der Waals surface area (Å²) in [5.74, 6) is 0.551. The lowest BCUT2D eigenvalue weighted by Gasteiger charge is -2.07. The number of benzene rings is 8. The third kappa shape index (κ3) is 25.7. The van der Waals surface area contributed by atoms with Crippen LogP contribution in [0.2, 0.25) is 0 Å². The lowest BCUT2D eigenvalue weighted by Crippen LogP contribution is -2.17. The molecule has 0 radical (unpaired) electrons. The van der Waals surface area contributed by atoms with Gasteiger partial charge < -0.3 is 30.3 Å². The molecule has 16 aromatic rings. The van der Waals surface area contributed by atoms with Gasteiger partial charge in [0.15, 0.2) is 5.75 Å². The Morgan fingerprint density at radius 3 is 0.752 bits per heavy atom. The Morgan fingerprint density at radius 1 is 0.231 bits per heavy atom. The molecule has 0 saturated carbocycles. The smallest absolute Gasteiger partial charge is 0.297 e. The third-order valence-corrected chi connectivity index (χ3v) is 16.9. The zero-order chi connectivity index (χ0) is 83.8. The molecule has 0 unspecified atom stereocenters. The Kier molecular flexibility index (Phi) is 31.1. The first kappa shape index (κ1) is 85.3. The highest BCUT2D eigenvalue weighted by Crippen LogP contribution is 2.18. The van der Waals surface area contributed by atoms with E-state index < -0.39 is 5.56 Å². The van der Waals surface area contributed by atoms with E-state index in [2.05, 4.69) is 0 Å². The zero-order valence-corrected chi connectivity index (χ0v) is 64.9. The molecule has 22 nitrogen and oxygen atoms in total. The van der Waals surface area contributed by atoms with E-state index in [1.165, 1.54) is 39.5 Å². The largest absolute Gasteiger partial charge is 0.508 e. The maximum atomic E-state index is 11.7. The Balaban J connectivity index is 0.000000153. The fourth-order valence-electron chi connectivity index (χ4n) is 11.1. The summed E-state index contributed by atoms with van der Waals surface area (Å²) in [5.41, 5.74) is 11.6. The fraction of sp³-hybridized carbons (Fsp3) is 0.0737. The number of para-hydroxylation sites is 4. The van der Waals surface area contributed by atoms with Crippen molar-refractivity contribution in [2.24, 2.45) is 0 Å². The second-order valence-electron chi connectivity index (χ2n) is 26.1. The van der Waals surface area contributed by atoms with E-state index in [1.807, 2.05) is 174 Å². The normalized spacial score (nSPS) is 10.1. The van der Waals surface area contributed by atoms with Crippen LogP contribution in [0.25, 0.3) is 45.5 Å². The fourth-order valence-corrected chi connectivity index (χ4v) is 11.1. The summed E-state index contributed by atoms with van der Waals surface area (Å²) < 4.78 is 17.5. The van der Waals surface area contributed by atoms with Gasteiger partial charge in [-0.2, -0.15) is 0 Å². The number of pyridine rings is 8. The van der Waals surface area contributed by atoms with Gasteiger partial charge in [0.05, 0.1) is 6.61 Å². The number of rotatable bonds is 10. The highest BCUT2D eigenvalue weighted by molar-refractivity contribution is 5.43. The average Bonchev–Trinajstić information content (AvgIpc) is 0.801. The molecule has 16 rings (SSSR count). The molecule has 0 fully saturated rings. The molecule has 8 aromatic heterocycles. The van der Waals surface area contributed by atoms with E-state index in [1.54, 1.807) is 236 Å². The summed E-state index contributed by atoms with van der Waals surface area (Å²) in [6.45, 7) is 10.1. The van der Waals surface area contributed by atoms with Gasteiger partial charge in [0, 0.05) is 145 Å². The molecule has 0 spiro atoms. The predicted octanol–water partition coefficient (Wildman–Crippen LogP) is 14.9. The van der Waals surface area contributed by atoms with Crippen molar-refractivity contribution in [1.29, 1.82) is 0 Å². The minimum absolute atomic E-state index is 0.00167. The molecule has 0 aliphatic carbocycles. The molecule has 0 bridgehead atoms. The number of ether oxygens (including phenoxy) is 1. The van der Waals surface area contributed by atoms with Gasteiger partial charge in [-0.25, -0.2) is 0 Å². The molecule has 0 amide bonds. The molecule has 0 aliphatic rings. The Morgan fingerprint density at radius 2 is 0.462 bits per heavy atom. The molecule has 22 heteroatoms. The first-order valence-electron chi connectivity index (χ1n) is 36.6. The standard InChI is InChI=1S/C13H13NO2.4C12H11NO2.C12H11NO.C11H9NO2.C11H9NO/c1-16-10-11-7-8-13(15)14(9-11)12-5-3-2-4-6-12;3*1-9-2-7-12(15)13(8-9)10-3-5-11(14)6-4-10;1-9-7-11(14)12(15)13(8-9)10-5-3-2-4-6-10;1-10-7-8-12(14)13(9-10)11-5-3-2-4-6-11;13-10-6-4-9(5-7-10)12-8-2-1-3-11(12)14;13-11-8-4-5-9-12(11)10-6-2-1-3-7-10/h2-9H,10H2,1H3;4*2-8,14H,1H3;2-9H,1H3;1-8,13H;1-9H. The topological polar surface area (TPSA) is 286 Å². The average molecular weight is 1560 g/mol. The third-order valence-electron chi connectivity index (χ3n) is 16.9. The first-order chi connectivity index (χ1) is 56.4. The van der Waals surface area contributed by atoms with Crippen molar-refractivity contribution in [2.45, 2.75) is 41.2 Å². The van der Waals surface area contributed by atoms with Gasteiger partial charge in [-0.3, -0.25) is 74.9 Å². The number of methoxy groups -OCH3 is 1. The molecule has 0 atom stereocenters. The number of aromatic nitrogens is 8. The monoisotopic (exact) mass is 1560 g/mol. The lowest BCUT2D eigenvalue weighted by atomic mass is 10.2. The summed E-state index contributed by atoms with van der Waals surface area (Å²) in [6, 6.07) is 92.2. The lowest BCUT2D eigenvalue weighted by molar-refractivity contribution is 0.184. The quantitative estimate of drug-likeness (QED) is 0.0851. The number of hydrogen-bond donors (Lipinski definition) is 5. The number of aromatic hydroxyl groups is 5. The number of nitrogens with zero attached hydrogens (tertiary/aromatic N) is 8. The van der Waals surface area contributed by atoms with Crippen molar-refractivity contribution in [1.82, 2.24) is 36.5 Å². The van der Waals surface area contributed by atoms with Gasteiger partial charge in [-0.1, -0.05) is 109 Å². The molecular weight excluding hydrogens is 1480 g/mol. The molecule has 0 saturated heterocycles. The zero-order valence-electron chi connectivity index (χ0n) is 64.9. The Hall–Kier alpha value is -15.7. The summed E-state index contributed by atoms with van der Waals surface area (Å²) in [4.78, 5) is 92.3. The van der Waals surface area contributed by atoms with Gasteiger partial charge >= 0.3 is 0 Å². The maximum absolute atomic E-state index is 11.7. The van der Waals surface area contributed by atoms with Gasteiger partial charge in [0.25, 0.3) is 44.5 Å². The van der Waals surface area contributed by atoms with Crippen LogP contribution >= 0.6 is 0 Å². The first-order valence-corrected chi connectivity index (χ1v) is 36.6. The van der Waals surface area contributed by atoms with Crippen LogP contribution < -0.4 is 44.5 Å². The highest BCUT2D eigenvalue weighted by atomic mass is 16.5. The van der Waals surface area contributed by atoms with Gasteiger partial charge in [0.1, 0.15) is 23.0 Å². The second kappa shape index (κ2) is 42.7. The molecule has 0 aliphatic heterocycles. The van der Waals surface area contributed by atoms with Crippen LogP contribution in [0, 0.1) is 34.6 Å². The summed E-state index contributed by atoms with van der Waals surface area (Å²) in [7, 11) is 1.64. The van der Waals surface area contributed by atoms with Crippen LogP contribution in [0.15, 0.2) is 409 Å². The summed E-state index contributed by atoms with van der Waals surface area (Å²) >= 11 is 0. The predicted molar refractivity (Wildman–Crippen MR) is 459 cm³/mol. The number of aryl methyl sites for hydroxylation is 5. The van der Waals surface area contributed by atoms with Crippen LogP contribution in [-0.2, 0) is 11.3 Å². The number of hydrogen-bond acceptors (Lipinski definition) is 14. The number of phenolic OH excluding ortho intramolecular Hbond substituents is 4. The van der Waals surface area contributed by atoms with Crippen molar-refractivity contribution in [3.05, 3.63) is 487 Å². The molecular formula is C95H86N8O14. The van der Waals surface area contributed by atoms with Crippen LogP contribution in [0.3, 0.4) is 0 Å². The molecule has 117 heavy (non-hydrogen) atoms. The van der Waals surface area contributed by atoms with E-state index in [0.29, 0.717) is 6.61 Å². The Labute approximate surface area is 673 Å². The van der Waals surface area contributed by atoms with Gasteiger partial charge in [-0.15, -0.1) is 0 Å². The number of phenols is 4. The molecule has 8 heterocycles. The summed E-state index contributed by atoms with van der Waals surface area (Å²) in [6.07, 6.45) is 14.1. The van der Waals surface area contributed by atoms with Gasteiger partial charge in [0.2, 0.25) is 0 Å². The summed E-state index contributed by atoms with van der Waals surface area (Å²) in [5, 5.41) is 45.9. The SMILES string of the molecule is COCc1ccc(=O)n(-c2ccccc2)c1.Cc1cc(O)c(=O)n(-c2ccccc2)c1.Cc1ccc(=O)n(-c2ccc(O)cc2)c1.Cc1ccc(=O)n(-c2ccc(O)cc2)c1.Cc1ccc(=O)n(-c2ccc(O)cc2)c1.Cc1ccc(=O)n(-c2ccccc2)c1.O=c1ccccn1-c1ccc(O)cc1.O=c1ccccn1-c1ccccc1. The van der Waals surface area contributed by atoms with Gasteiger partial charge in [-0.05, 0) is 238 Å². The van der Waals surface area contributed by atoms with Crippen LogP contribution in [-0.4, -0.2) is 69.2 Å². The van der Waals surface area contributed by atoms with E-state index in [4.69, 9.17) is 25.2 Å². The van der Waals surface area contributed by atoms with Crippen molar-refractivity contribution in [3.8, 4) is 74.2 Å². The van der Waals surface area contributed by atoms with E-state index in [9.17, 15) is 43.5 Å². The van der Waals surface area contributed by atoms with Crippen LogP contribution in [0.1, 0.15) is 33.4 Å². The highest BCUT2D eigenvalue weighted by Gasteiger charge is 2.08.